The lowest BCUT2D eigenvalue weighted by molar-refractivity contribution is -0.232. The Kier molecular flexibility index (Phi) is 7.17. The zero-order valence-corrected chi connectivity index (χ0v) is 18.8. The molecule has 5 atom stereocenters. The SMILES string of the molecule is CCc1ccc(Cc2cc([C@@H]3O[C@H](CO)[C@@H](O)[C@H](O)[C@H]3O)c(OC3CCC3)cc2C)cc1. The molecular formula is C26H34O6. The third-order valence-corrected chi connectivity index (χ3v) is 6.84. The van der Waals surface area contributed by atoms with Gasteiger partial charge in [0, 0.05) is 5.56 Å². The predicted octanol–water partition coefficient (Wildman–Crippen LogP) is 2.59. The highest BCUT2D eigenvalue weighted by molar-refractivity contribution is 5.46. The van der Waals surface area contributed by atoms with E-state index < -0.39 is 37.1 Å². The number of hydrogen-bond donors (Lipinski definition) is 4. The standard InChI is InChI=1S/C26H34O6/c1-3-16-7-9-17(10-8-16)12-18-13-20(21(11-15(18)2)31-19-5-4-6-19)26-25(30)24(29)23(28)22(14-27)32-26/h7-11,13,19,22-30H,3-6,12,14H2,1-2H3/t22-,23-,24+,25-,26+/m1/s1. The van der Waals surface area contributed by atoms with E-state index in [0.717, 1.165) is 36.8 Å². The third-order valence-electron chi connectivity index (χ3n) is 6.84. The number of aliphatic hydroxyl groups is 4. The lowest BCUT2D eigenvalue weighted by atomic mass is 9.88. The smallest absolute Gasteiger partial charge is 0.125 e. The molecule has 2 aromatic carbocycles. The molecule has 0 unspecified atom stereocenters. The number of aliphatic hydroxyl groups excluding tert-OH is 4. The van der Waals surface area contributed by atoms with E-state index in [1.807, 2.05) is 19.1 Å². The largest absolute Gasteiger partial charge is 0.490 e. The first-order valence-electron chi connectivity index (χ1n) is 11.6. The number of hydrogen-bond acceptors (Lipinski definition) is 6. The number of aryl methyl sites for hydroxylation is 2. The Balaban J connectivity index is 1.69. The molecule has 2 aromatic rings. The highest BCUT2D eigenvalue weighted by Gasteiger charge is 2.45. The molecule has 0 amide bonds. The molecule has 2 aliphatic rings. The molecule has 0 aromatic heterocycles. The van der Waals surface area contributed by atoms with Crippen LogP contribution in [0.4, 0.5) is 0 Å². The van der Waals surface area contributed by atoms with Gasteiger partial charge in [-0.05, 0) is 73.4 Å². The van der Waals surface area contributed by atoms with Crippen molar-refractivity contribution in [3.8, 4) is 5.75 Å². The molecule has 4 N–H and O–H groups in total. The van der Waals surface area contributed by atoms with Gasteiger partial charge < -0.3 is 29.9 Å². The van der Waals surface area contributed by atoms with E-state index in [0.29, 0.717) is 17.7 Å². The van der Waals surface area contributed by atoms with Crippen molar-refractivity contribution in [2.24, 2.45) is 0 Å². The Bertz CT molecular complexity index is 905. The van der Waals surface area contributed by atoms with Crippen LogP contribution in [0.1, 0.15) is 60.1 Å². The maximum absolute atomic E-state index is 10.7. The van der Waals surface area contributed by atoms with E-state index >= 15 is 0 Å². The van der Waals surface area contributed by atoms with Gasteiger partial charge in [-0.15, -0.1) is 0 Å². The average molecular weight is 443 g/mol. The second-order valence-corrected chi connectivity index (χ2v) is 9.08. The molecule has 174 valence electrons. The minimum atomic E-state index is -1.42. The van der Waals surface area contributed by atoms with Crippen molar-refractivity contribution in [2.75, 3.05) is 6.61 Å². The van der Waals surface area contributed by atoms with Crippen molar-refractivity contribution < 1.29 is 29.9 Å². The van der Waals surface area contributed by atoms with E-state index in [4.69, 9.17) is 9.47 Å². The van der Waals surface area contributed by atoms with Crippen LogP contribution in [-0.4, -0.2) is 57.6 Å². The molecule has 1 aliphatic heterocycles. The van der Waals surface area contributed by atoms with Crippen molar-refractivity contribution in [3.05, 3.63) is 64.2 Å². The number of ether oxygens (including phenoxy) is 2. The van der Waals surface area contributed by atoms with Gasteiger partial charge in [-0.1, -0.05) is 31.2 Å². The quantitative estimate of drug-likeness (QED) is 0.526. The molecule has 32 heavy (non-hydrogen) atoms. The van der Waals surface area contributed by atoms with Gasteiger partial charge in [0.05, 0.1) is 12.7 Å². The molecular weight excluding hydrogens is 408 g/mol. The highest BCUT2D eigenvalue weighted by Crippen LogP contribution is 2.40. The van der Waals surface area contributed by atoms with Crippen molar-refractivity contribution in [1.29, 1.82) is 0 Å². The molecule has 6 heteroatoms. The van der Waals surface area contributed by atoms with Gasteiger partial charge in [0.25, 0.3) is 0 Å². The Morgan fingerprint density at radius 2 is 1.66 bits per heavy atom. The normalized spacial score (nSPS) is 28.4. The molecule has 2 fully saturated rings. The zero-order chi connectivity index (χ0) is 22.8. The van der Waals surface area contributed by atoms with Gasteiger partial charge in [-0.25, -0.2) is 0 Å². The molecule has 6 nitrogen and oxygen atoms in total. The maximum atomic E-state index is 10.7. The van der Waals surface area contributed by atoms with E-state index in [9.17, 15) is 20.4 Å². The van der Waals surface area contributed by atoms with Gasteiger partial charge in [0.2, 0.25) is 0 Å². The van der Waals surface area contributed by atoms with Gasteiger partial charge in [0.15, 0.2) is 0 Å². The second kappa shape index (κ2) is 9.89. The zero-order valence-electron chi connectivity index (χ0n) is 18.8. The monoisotopic (exact) mass is 442 g/mol. The van der Waals surface area contributed by atoms with Crippen molar-refractivity contribution >= 4 is 0 Å². The Labute approximate surface area is 189 Å². The maximum Gasteiger partial charge on any atom is 0.125 e. The molecule has 1 aliphatic carbocycles. The Morgan fingerprint density at radius 1 is 0.969 bits per heavy atom. The van der Waals surface area contributed by atoms with Crippen molar-refractivity contribution in [1.82, 2.24) is 0 Å². The van der Waals surface area contributed by atoms with Crippen LogP contribution in [0.25, 0.3) is 0 Å². The van der Waals surface area contributed by atoms with Gasteiger partial charge in [-0.2, -0.15) is 0 Å². The summed E-state index contributed by atoms with van der Waals surface area (Å²) in [5.41, 5.74) is 5.25. The first kappa shape index (κ1) is 23.2. The first-order chi connectivity index (χ1) is 15.4. The Hall–Kier alpha value is -1.96. The fourth-order valence-electron chi connectivity index (χ4n) is 4.40. The fraction of sp³-hybridized carbons (Fsp3) is 0.538. The minimum Gasteiger partial charge on any atom is -0.490 e. The van der Waals surface area contributed by atoms with Gasteiger partial charge in [0.1, 0.15) is 36.3 Å². The fourth-order valence-corrected chi connectivity index (χ4v) is 4.40. The van der Waals surface area contributed by atoms with E-state index in [1.165, 1.54) is 11.1 Å². The van der Waals surface area contributed by atoms with E-state index in [2.05, 4.69) is 31.2 Å². The third kappa shape index (κ3) is 4.70. The van der Waals surface area contributed by atoms with Crippen LogP contribution in [0.3, 0.4) is 0 Å². The van der Waals surface area contributed by atoms with Crippen LogP contribution in [0.15, 0.2) is 36.4 Å². The molecule has 0 bridgehead atoms. The molecule has 0 spiro atoms. The molecule has 4 rings (SSSR count). The molecule has 0 radical (unpaired) electrons. The Morgan fingerprint density at radius 3 is 2.25 bits per heavy atom. The molecule has 1 saturated heterocycles. The van der Waals surface area contributed by atoms with E-state index in [1.54, 1.807) is 0 Å². The van der Waals surface area contributed by atoms with Crippen LogP contribution < -0.4 is 4.74 Å². The van der Waals surface area contributed by atoms with Crippen LogP contribution in [0.2, 0.25) is 0 Å². The summed E-state index contributed by atoms with van der Waals surface area (Å²) in [5.74, 6) is 0.626. The lowest BCUT2D eigenvalue weighted by Crippen LogP contribution is -2.55. The average Bonchev–Trinajstić information content (AvgIpc) is 2.77. The summed E-state index contributed by atoms with van der Waals surface area (Å²) >= 11 is 0. The van der Waals surface area contributed by atoms with Gasteiger partial charge >= 0.3 is 0 Å². The van der Waals surface area contributed by atoms with Crippen molar-refractivity contribution in [2.45, 2.75) is 82.6 Å². The number of rotatable bonds is 7. The highest BCUT2D eigenvalue weighted by atomic mass is 16.5. The lowest BCUT2D eigenvalue weighted by Gasteiger charge is -2.41. The van der Waals surface area contributed by atoms with Crippen LogP contribution in [-0.2, 0) is 17.6 Å². The molecule has 1 heterocycles. The predicted molar refractivity (Wildman–Crippen MR) is 121 cm³/mol. The summed E-state index contributed by atoms with van der Waals surface area (Å²) in [6.45, 7) is 3.72. The van der Waals surface area contributed by atoms with Crippen LogP contribution in [0.5, 0.6) is 5.75 Å². The molecule has 1 saturated carbocycles. The van der Waals surface area contributed by atoms with Crippen molar-refractivity contribution in [3.63, 3.8) is 0 Å². The summed E-state index contributed by atoms with van der Waals surface area (Å²) in [5, 5.41) is 40.9. The summed E-state index contributed by atoms with van der Waals surface area (Å²) in [6.07, 6.45) is -1.08. The van der Waals surface area contributed by atoms with Crippen LogP contribution >= 0.6 is 0 Å². The topological polar surface area (TPSA) is 99.4 Å². The summed E-state index contributed by atoms with van der Waals surface area (Å²) in [7, 11) is 0. The van der Waals surface area contributed by atoms with E-state index in [-0.39, 0.29) is 6.10 Å². The van der Waals surface area contributed by atoms with Gasteiger partial charge in [-0.3, -0.25) is 0 Å². The van der Waals surface area contributed by atoms with Crippen LogP contribution in [0, 0.1) is 6.92 Å². The number of benzene rings is 2. The minimum absolute atomic E-state index is 0.130. The first-order valence-corrected chi connectivity index (χ1v) is 11.6. The second-order valence-electron chi connectivity index (χ2n) is 9.08. The summed E-state index contributed by atoms with van der Waals surface area (Å²) in [6, 6.07) is 12.5. The summed E-state index contributed by atoms with van der Waals surface area (Å²) < 4.78 is 12.1. The summed E-state index contributed by atoms with van der Waals surface area (Å²) in [4.78, 5) is 0.